The van der Waals surface area contributed by atoms with Crippen molar-refractivity contribution >= 4 is 28.6 Å². The summed E-state index contributed by atoms with van der Waals surface area (Å²) in [5.41, 5.74) is 0.985. The van der Waals surface area contributed by atoms with Gasteiger partial charge in [-0.1, -0.05) is 18.9 Å². The Morgan fingerprint density at radius 3 is 2.52 bits per heavy atom. The fraction of sp³-hybridized carbons (Fsp3) is 0.450. The van der Waals surface area contributed by atoms with Crippen molar-refractivity contribution in [3.63, 3.8) is 0 Å². The van der Waals surface area contributed by atoms with E-state index >= 15 is 0 Å². The predicted molar refractivity (Wildman–Crippen MR) is 109 cm³/mol. The van der Waals surface area contributed by atoms with Gasteiger partial charge in [-0.25, -0.2) is 0 Å². The lowest BCUT2D eigenvalue weighted by Crippen LogP contribution is -2.29. The van der Waals surface area contributed by atoms with E-state index in [1.54, 1.807) is 35.4 Å². The molecular formula is C20H25N3O3S. The summed E-state index contributed by atoms with van der Waals surface area (Å²) >= 11 is 1.59. The normalized spacial score (nSPS) is 15.9. The van der Waals surface area contributed by atoms with Crippen molar-refractivity contribution in [2.24, 2.45) is 0 Å². The molecule has 0 saturated carbocycles. The Bertz CT molecular complexity index is 799. The van der Waals surface area contributed by atoms with E-state index in [2.05, 4.69) is 4.90 Å². The van der Waals surface area contributed by atoms with Gasteiger partial charge in [0.15, 0.2) is 0 Å². The minimum absolute atomic E-state index is 0.0138. The van der Waals surface area contributed by atoms with Crippen LogP contribution in [0, 0.1) is 10.1 Å². The summed E-state index contributed by atoms with van der Waals surface area (Å²) in [5, 5.41) is 13.6. The van der Waals surface area contributed by atoms with Crippen LogP contribution in [-0.2, 0) is 0 Å². The van der Waals surface area contributed by atoms with E-state index in [4.69, 9.17) is 0 Å². The number of nitrogens with zero attached hydrogens (tertiary/aromatic N) is 3. The monoisotopic (exact) mass is 387 g/mol. The van der Waals surface area contributed by atoms with Gasteiger partial charge in [0.25, 0.3) is 11.6 Å². The first-order valence-electron chi connectivity index (χ1n) is 9.33. The Labute approximate surface area is 163 Å². The molecule has 0 N–H and O–H groups in total. The second-order valence-corrected chi connectivity index (χ2v) is 7.95. The summed E-state index contributed by atoms with van der Waals surface area (Å²) in [6.07, 6.45) is 4.40. The van der Waals surface area contributed by atoms with Crippen molar-refractivity contribution in [1.29, 1.82) is 0 Å². The average Bonchev–Trinajstić information content (AvgIpc) is 3.08. The number of amides is 1. The first-order valence-corrected chi connectivity index (χ1v) is 10.2. The number of hydrogen-bond acceptors (Lipinski definition) is 5. The Balaban J connectivity index is 1.86. The minimum Gasteiger partial charge on any atom is -0.366 e. The molecule has 3 rings (SSSR count). The molecule has 1 saturated heterocycles. The highest BCUT2D eigenvalue weighted by atomic mass is 32.1. The van der Waals surface area contributed by atoms with Crippen LogP contribution in [-0.4, -0.2) is 35.9 Å². The zero-order chi connectivity index (χ0) is 19.4. The molecule has 1 aliphatic rings. The van der Waals surface area contributed by atoms with E-state index < -0.39 is 0 Å². The van der Waals surface area contributed by atoms with Crippen LogP contribution in [0.1, 0.15) is 53.9 Å². The molecule has 0 aliphatic carbocycles. The van der Waals surface area contributed by atoms with Gasteiger partial charge < -0.3 is 9.80 Å². The van der Waals surface area contributed by atoms with Crippen LogP contribution >= 0.6 is 11.3 Å². The highest BCUT2D eigenvalue weighted by Crippen LogP contribution is 2.32. The number of nitro groups is 1. The fourth-order valence-corrected chi connectivity index (χ4v) is 4.31. The van der Waals surface area contributed by atoms with Crippen molar-refractivity contribution in [1.82, 2.24) is 4.90 Å². The number of nitro benzene ring substituents is 1. The molecule has 0 radical (unpaired) electrons. The topological polar surface area (TPSA) is 66.7 Å². The van der Waals surface area contributed by atoms with Gasteiger partial charge >= 0.3 is 0 Å². The van der Waals surface area contributed by atoms with Gasteiger partial charge in [-0.2, -0.15) is 0 Å². The second-order valence-electron chi connectivity index (χ2n) is 6.97. The first-order chi connectivity index (χ1) is 13.0. The number of hydrogen-bond donors (Lipinski definition) is 0. The summed E-state index contributed by atoms with van der Waals surface area (Å²) < 4.78 is 0. The Hall–Kier alpha value is -2.41. The Morgan fingerprint density at radius 1 is 1.22 bits per heavy atom. The number of thiophene rings is 1. The lowest BCUT2D eigenvalue weighted by molar-refractivity contribution is -0.384. The van der Waals surface area contributed by atoms with Gasteiger partial charge in [0.05, 0.1) is 11.0 Å². The summed E-state index contributed by atoms with van der Waals surface area (Å²) in [7, 11) is 1.74. The van der Waals surface area contributed by atoms with Crippen LogP contribution in [0.15, 0.2) is 35.7 Å². The minimum atomic E-state index is -0.375. The highest BCUT2D eigenvalue weighted by molar-refractivity contribution is 7.10. The Kier molecular flexibility index (Phi) is 6.11. The maximum Gasteiger partial charge on any atom is 0.293 e. The molecule has 2 aromatic rings. The fourth-order valence-electron chi connectivity index (χ4n) is 3.48. The molecule has 2 heterocycles. The van der Waals surface area contributed by atoms with Crippen LogP contribution in [0.4, 0.5) is 11.4 Å². The number of rotatable bonds is 5. The van der Waals surface area contributed by atoms with E-state index in [9.17, 15) is 14.9 Å². The van der Waals surface area contributed by atoms with Crippen LogP contribution in [0.3, 0.4) is 0 Å². The van der Waals surface area contributed by atoms with Gasteiger partial charge in [0, 0.05) is 36.6 Å². The Morgan fingerprint density at radius 2 is 1.93 bits per heavy atom. The lowest BCUT2D eigenvalue weighted by atomic mass is 10.1. The van der Waals surface area contributed by atoms with Crippen molar-refractivity contribution in [3.05, 3.63) is 56.3 Å². The lowest BCUT2D eigenvalue weighted by Gasteiger charge is -2.25. The summed E-state index contributed by atoms with van der Waals surface area (Å²) in [6.45, 7) is 3.61. The van der Waals surface area contributed by atoms with Crippen LogP contribution in [0.25, 0.3) is 0 Å². The maximum absolute atomic E-state index is 12.9. The number of anilines is 1. The average molecular weight is 388 g/mol. The molecule has 1 atom stereocenters. The summed E-state index contributed by atoms with van der Waals surface area (Å²) in [4.78, 5) is 29.0. The molecule has 27 heavy (non-hydrogen) atoms. The third-order valence-electron chi connectivity index (χ3n) is 5.22. The molecule has 1 aromatic heterocycles. The molecule has 0 bridgehead atoms. The highest BCUT2D eigenvalue weighted by Gasteiger charge is 2.25. The molecule has 0 spiro atoms. The number of benzene rings is 1. The van der Waals surface area contributed by atoms with Crippen molar-refractivity contribution in [2.75, 3.05) is 25.0 Å². The van der Waals surface area contributed by atoms with Crippen LogP contribution < -0.4 is 4.90 Å². The van der Waals surface area contributed by atoms with E-state index in [1.807, 2.05) is 24.4 Å². The summed E-state index contributed by atoms with van der Waals surface area (Å²) in [5.74, 6) is -0.207. The molecule has 7 heteroatoms. The van der Waals surface area contributed by atoms with E-state index in [0.29, 0.717) is 11.3 Å². The molecule has 1 aliphatic heterocycles. The molecular weight excluding hydrogens is 362 g/mol. The SMILES string of the molecule is C[C@@H](c1cccs1)N(C)C(=O)c1ccc(N2CCCCCC2)c([N+](=O)[O-])c1. The van der Waals surface area contributed by atoms with Crippen molar-refractivity contribution in [2.45, 2.75) is 38.6 Å². The quantitative estimate of drug-likeness (QED) is 0.542. The largest absolute Gasteiger partial charge is 0.366 e. The second kappa shape index (κ2) is 8.52. The number of carbonyl (C=O) groups excluding carboxylic acids is 1. The molecule has 6 nitrogen and oxygen atoms in total. The van der Waals surface area contributed by atoms with Gasteiger partial charge in [0.2, 0.25) is 0 Å². The van der Waals surface area contributed by atoms with Gasteiger partial charge in [0.1, 0.15) is 5.69 Å². The third kappa shape index (κ3) is 4.30. The van der Waals surface area contributed by atoms with Crippen molar-refractivity contribution < 1.29 is 9.72 Å². The molecule has 1 aromatic carbocycles. The van der Waals surface area contributed by atoms with Gasteiger partial charge in [-0.3, -0.25) is 14.9 Å². The van der Waals surface area contributed by atoms with E-state index in [0.717, 1.165) is 43.6 Å². The predicted octanol–water partition coefficient (Wildman–Crippen LogP) is 4.87. The van der Waals surface area contributed by atoms with E-state index in [-0.39, 0.29) is 22.6 Å². The van der Waals surface area contributed by atoms with Crippen LogP contribution in [0.2, 0.25) is 0 Å². The van der Waals surface area contributed by atoms with Gasteiger partial charge in [-0.05, 0) is 43.3 Å². The zero-order valence-electron chi connectivity index (χ0n) is 15.8. The standard InChI is InChI=1S/C20H25N3O3S/c1-15(19-8-7-13-27-19)21(2)20(24)16-9-10-17(18(14-16)23(25)26)22-11-5-3-4-6-12-22/h7-10,13-15H,3-6,11-12H2,1-2H3/t15-/m0/s1. The summed E-state index contributed by atoms with van der Waals surface area (Å²) in [6, 6.07) is 8.75. The van der Waals surface area contributed by atoms with E-state index in [1.165, 1.54) is 6.07 Å². The van der Waals surface area contributed by atoms with Gasteiger partial charge in [-0.15, -0.1) is 11.3 Å². The molecule has 1 amide bonds. The number of carbonyl (C=O) groups is 1. The zero-order valence-corrected chi connectivity index (χ0v) is 16.6. The molecule has 1 fully saturated rings. The maximum atomic E-state index is 12.9. The molecule has 144 valence electrons. The molecule has 0 unspecified atom stereocenters. The van der Waals surface area contributed by atoms with Crippen molar-refractivity contribution in [3.8, 4) is 0 Å². The first kappa shape index (κ1) is 19.4. The smallest absolute Gasteiger partial charge is 0.293 e. The third-order valence-corrected chi connectivity index (χ3v) is 6.26. The van der Waals surface area contributed by atoms with Crippen LogP contribution in [0.5, 0.6) is 0 Å².